The summed E-state index contributed by atoms with van der Waals surface area (Å²) < 4.78 is 0. The van der Waals surface area contributed by atoms with Crippen LogP contribution in [0.3, 0.4) is 0 Å². The summed E-state index contributed by atoms with van der Waals surface area (Å²) in [6, 6.07) is 12.3. The second-order valence-electron chi connectivity index (χ2n) is 8.11. The van der Waals surface area contributed by atoms with Gasteiger partial charge in [-0.25, -0.2) is 4.98 Å². The second-order valence-corrected chi connectivity index (χ2v) is 8.11. The first kappa shape index (κ1) is 18.9. The topological polar surface area (TPSA) is 33.2 Å². The van der Waals surface area contributed by atoms with Crippen molar-refractivity contribution in [1.82, 2.24) is 4.98 Å². The van der Waals surface area contributed by atoms with Crippen LogP contribution in [0.15, 0.2) is 36.4 Å². The standard InChI is InChI=1S/C25H30N2O/c1-3-4-5-6-7-8-9-10-16-27-22-13-11-12-21-24(22)23(25(27)28)19-17-18(2)14-15-20(19)26-21/h11-15,17H,3-10,16H2,1-2H3. The number of amides is 1. The molecule has 0 atom stereocenters. The minimum Gasteiger partial charge on any atom is -0.308 e. The molecule has 0 saturated carbocycles. The Morgan fingerprint density at radius 1 is 0.893 bits per heavy atom. The van der Waals surface area contributed by atoms with Gasteiger partial charge < -0.3 is 4.90 Å². The summed E-state index contributed by atoms with van der Waals surface area (Å²) in [6.07, 6.45) is 10.2. The Morgan fingerprint density at radius 3 is 2.43 bits per heavy atom. The molecule has 4 rings (SSSR count). The molecule has 2 heterocycles. The van der Waals surface area contributed by atoms with Gasteiger partial charge in [0.05, 0.1) is 22.3 Å². The second kappa shape index (κ2) is 8.30. The normalized spacial score (nSPS) is 13.2. The van der Waals surface area contributed by atoms with Gasteiger partial charge in [0.1, 0.15) is 0 Å². The number of benzene rings is 2. The highest BCUT2D eigenvalue weighted by atomic mass is 16.2. The highest BCUT2D eigenvalue weighted by Gasteiger charge is 2.31. The van der Waals surface area contributed by atoms with E-state index in [0.29, 0.717) is 0 Å². The van der Waals surface area contributed by atoms with Crippen LogP contribution in [0, 0.1) is 6.92 Å². The van der Waals surface area contributed by atoms with Crippen LogP contribution in [-0.4, -0.2) is 17.4 Å². The molecule has 1 aliphatic heterocycles. The Bertz CT molecular complexity index is 1010. The summed E-state index contributed by atoms with van der Waals surface area (Å²) in [7, 11) is 0. The molecule has 1 aliphatic rings. The molecule has 0 fully saturated rings. The molecule has 0 bridgehead atoms. The SMILES string of the molecule is CCCCCCCCCCN1C(=O)c2c3cc(C)ccc3nc3cccc1c23. The van der Waals surface area contributed by atoms with Crippen molar-refractivity contribution < 1.29 is 4.79 Å². The Kier molecular flexibility index (Phi) is 5.61. The average molecular weight is 375 g/mol. The van der Waals surface area contributed by atoms with E-state index in [2.05, 4.69) is 32.0 Å². The molecule has 0 unspecified atom stereocenters. The van der Waals surface area contributed by atoms with E-state index in [1.165, 1.54) is 44.9 Å². The van der Waals surface area contributed by atoms with Gasteiger partial charge in [-0.15, -0.1) is 0 Å². The Morgan fingerprint density at radius 2 is 1.64 bits per heavy atom. The average Bonchev–Trinajstić information content (AvgIpc) is 2.98. The van der Waals surface area contributed by atoms with Gasteiger partial charge in [-0.05, 0) is 37.6 Å². The summed E-state index contributed by atoms with van der Waals surface area (Å²) in [5.41, 5.74) is 4.88. The smallest absolute Gasteiger partial charge is 0.259 e. The Hall–Kier alpha value is -2.42. The fourth-order valence-electron chi connectivity index (χ4n) is 4.41. The molecule has 2 aromatic carbocycles. The van der Waals surface area contributed by atoms with Gasteiger partial charge in [-0.1, -0.05) is 69.6 Å². The number of anilines is 1. The van der Waals surface area contributed by atoms with Crippen LogP contribution in [-0.2, 0) is 0 Å². The van der Waals surface area contributed by atoms with E-state index >= 15 is 0 Å². The molecule has 146 valence electrons. The maximum absolute atomic E-state index is 13.3. The third kappa shape index (κ3) is 3.50. The number of fused-ring (bicyclic) bond motifs is 2. The van der Waals surface area contributed by atoms with E-state index < -0.39 is 0 Å². The molecular formula is C25H30N2O. The molecule has 0 radical (unpaired) electrons. The number of carbonyl (C=O) groups excluding carboxylic acids is 1. The highest BCUT2D eigenvalue weighted by molar-refractivity contribution is 6.30. The summed E-state index contributed by atoms with van der Waals surface area (Å²) in [5, 5.41) is 2.02. The number of hydrogen-bond donors (Lipinski definition) is 0. The molecule has 1 amide bonds. The highest BCUT2D eigenvalue weighted by Crippen LogP contribution is 2.40. The molecule has 0 spiro atoms. The summed E-state index contributed by atoms with van der Waals surface area (Å²) in [5.74, 6) is 0.146. The maximum Gasteiger partial charge on any atom is 0.259 e. The van der Waals surface area contributed by atoms with Crippen LogP contribution >= 0.6 is 0 Å². The van der Waals surface area contributed by atoms with Gasteiger partial charge in [-0.3, -0.25) is 4.79 Å². The zero-order valence-electron chi connectivity index (χ0n) is 17.1. The third-order valence-corrected chi connectivity index (χ3v) is 5.92. The van der Waals surface area contributed by atoms with Crippen LogP contribution in [0.1, 0.15) is 74.2 Å². The maximum atomic E-state index is 13.3. The van der Waals surface area contributed by atoms with Crippen LogP contribution in [0.5, 0.6) is 0 Å². The minimum absolute atomic E-state index is 0.146. The zero-order valence-corrected chi connectivity index (χ0v) is 17.1. The monoisotopic (exact) mass is 374 g/mol. The molecule has 1 aromatic heterocycles. The van der Waals surface area contributed by atoms with Gasteiger partial charge >= 0.3 is 0 Å². The van der Waals surface area contributed by atoms with Gasteiger partial charge in [0.25, 0.3) is 5.91 Å². The number of pyridine rings is 1. The molecule has 0 saturated heterocycles. The Balaban J connectivity index is 1.51. The van der Waals surface area contributed by atoms with E-state index in [1.807, 2.05) is 23.1 Å². The van der Waals surface area contributed by atoms with Crippen molar-refractivity contribution in [3.05, 3.63) is 47.5 Å². The van der Waals surface area contributed by atoms with E-state index in [4.69, 9.17) is 4.98 Å². The first-order chi connectivity index (χ1) is 13.7. The lowest BCUT2D eigenvalue weighted by atomic mass is 10.0. The first-order valence-corrected chi connectivity index (χ1v) is 10.9. The van der Waals surface area contributed by atoms with Crippen LogP contribution in [0.25, 0.3) is 21.8 Å². The zero-order chi connectivity index (χ0) is 19.5. The molecular weight excluding hydrogens is 344 g/mol. The molecule has 0 N–H and O–H groups in total. The fraction of sp³-hybridized carbons (Fsp3) is 0.440. The summed E-state index contributed by atoms with van der Waals surface area (Å²) in [4.78, 5) is 20.1. The van der Waals surface area contributed by atoms with Gasteiger partial charge in [-0.2, -0.15) is 0 Å². The summed E-state index contributed by atoms with van der Waals surface area (Å²) in [6.45, 7) is 5.13. The number of nitrogens with zero attached hydrogens (tertiary/aromatic N) is 2. The molecule has 3 heteroatoms. The van der Waals surface area contributed by atoms with Crippen molar-refractivity contribution in [2.24, 2.45) is 0 Å². The fourth-order valence-corrected chi connectivity index (χ4v) is 4.41. The predicted molar refractivity (Wildman–Crippen MR) is 118 cm³/mol. The number of aromatic nitrogens is 1. The molecule has 3 nitrogen and oxygen atoms in total. The van der Waals surface area contributed by atoms with Crippen LogP contribution in [0.2, 0.25) is 0 Å². The van der Waals surface area contributed by atoms with Gasteiger partial charge in [0.15, 0.2) is 0 Å². The van der Waals surface area contributed by atoms with Crippen molar-refractivity contribution in [3.8, 4) is 0 Å². The van der Waals surface area contributed by atoms with Crippen molar-refractivity contribution in [3.63, 3.8) is 0 Å². The number of unbranched alkanes of at least 4 members (excludes halogenated alkanes) is 7. The lowest BCUT2D eigenvalue weighted by molar-refractivity contribution is 0.0994. The van der Waals surface area contributed by atoms with E-state index in [9.17, 15) is 4.79 Å². The number of aryl methyl sites for hydroxylation is 1. The predicted octanol–water partition coefficient (Wildman–Crippen LogP) is 6.80. The molecule has 28 heavy (non-hydrogen) atoms. The van der Waals surface area contributed by atoms with Crippen molar-refractivity contribution in [2.45, 2.75) is 65.2 Å². The minimum atomic E-state index is 0.146. The van der Waals surface area contributed by atoms with E-state index in [1.54, 1.807) is 0 Å². The lowest BCUT2D eigenvalue weighted by Gasteiger charge is -2.17. The third-order valence-electron chi connectivity index (χ3n) is 5.92. The lowest BCUT2D eigenvalue weighted by Crippen LogP contribution is -2.27. The molecule has 0 aliphatic carbocycles. The van der Waals surface area contributed by atoms with Crippen LogP contribution < -0.4 is 4.90 Å². The number of carbonyl (C=O) groups is 1. The van der Waals surface area contributed by atoms with Gasteiger partial charge in [0.2, 0.25) is 0 Å². The number of hydrogen-bond acceptors (Lipinski definition) is 2. The first-order valence-electron chi connectivity index (χ1n) is 10.9. The Labute approximate surface area is 167 Å². The number of rotatable bonds is 9. The van der Waals surface area contributed by atoms with E-state index in [-0.39, 0.29) is 5.91 Å². The molecule has 3 aromatic rings. The van der Waals surface area contributed by atoms with E-state index in [0.717, 1.165) is 51.6 Å². The van der Waals surface area contributed by atoms with Crippen molar-refractivity contribution in [1.29, 1.82) is 0 Å². The van der Waals surface area contributed by atoms with Gasteiger partial charge in [0, 0.05) is 17.3 Å². The van der Waals surface area contributed by atoms with Crippen molar-refractivity contribution in [2.75, 3.05) is 11.4 Å². The summed E-state index contributed by atoms with van der Waals surface area (Å²) >= 11 is 0. The van der Waals surface area contributed by atoms with Crippen molar-refractivity contribution >= 4 is 33.4 Å². The van der Waals surface area contributed by atoms with Crippen LogP contribution in [0.4, 0.5) is 5.69 Å². The largest absolute Gasteiger partial charge is 0.308 e. The quantitative estimate of drug-likeness (QED) is 0.305.